The Kier molecular flexibility index (Phi) is 7.44. The Morgan fingerprint density at radius 3 is 2.42 bits per heavy atom. The first-order chi connectivity index (χ1) is 18.3. The van der Waals surface area contributed by atoms with Crippen LogP contribution in [-0.2, 0) is 26.2 Å². The molecule has 198 valence electrons. The maximum absolute atomic E-state index is 13.8. The van der Waals surface area contributed by atoms with Gasteiger partial charge in [-0.2, -0.15) is 4.31 Å². The molecule has 8 nitrogen and oxygen atoms in total. The van der Waals surface area contributed by atoms with Gasteiger partial charge in [0.05, 0.1) is 23.0 Å². The fraction of sp³-hybridized carbons (Fsp3) is 0.286. The van der Waals surface area contributed by atoms with Crippen molar-refractivity contribution < 1.29 is 27.1 Å². The van der Waals surface area contributed by atoms with E-state index < -0.39 is 27.9 Å². The molecule has 0 spiro atoms. The van der Waals surface area contributed by atoms with E-state index in [0.29, 0.717) is 30.8 Å². The Balaban J connectivity index is 1.32. The van der Waals surface area contributed by atoms with Crippen LogP contribution in [0.5, 0.6) is 5.75 Å². The molecule has 1 fully saturated rings. The maximum atomic E-state index is 13.8. The number of hydrogen-bond donors (Lipinski definition) is 1. The van der Waals surface area contributed by atoms with E-state index in [1.807, 2.05) is 30.3 Å². The normalized spacial score (nSPS) is 19.8. The first-order valence-corrected chi connectivity index (χ1v) is 13.9. The Morgan fingerprint density at radius 1 is 0.947 bits per heavy atom. The zero-order valence-corrected chi connectivity index (χ0v) is 21.4. The predicted molar refractivity (Wildman–Crippen MR) is 139 cm³/mol. The van der Waals surface area contributed by atoms with Crippen molar-refractivity contribution in [1.82, 2.24) is 9.62 Å². The van der Waals surface area contributed by atoms with Crippen molar-refractivity contribution >= 4 is 27.5 Å². The number of benzene rings is 3. The molecular formula is C28H28FN3O5S. The van der Waals surface area contributed by atoms with Crippen LogP contribution in [0.3, 0.4) is 0 Å². The summed E-state index contributed by atoms with van der Waals surface area (Å²) in [6, 6.07) is 21.2. The zero-order valence-electron chi connectivity index (χ0n) is 20.6. The second-order valence-electron chi connectivity index (χ2n) is 9.38. The minimum absolute atomic E-state index is 0.00291. The number of hydrogen-bond acceptors (Lipinski definition) is 5. The van der Waals surface area contributed by atoms with Crippen molar-refractivity contribution in [2.45, 2.75) is 30.4 Å². The molecule has 2 aliphatic heterocycles. The maximum Gasteiger partial charge on any atom is 0.263 e. The first-order valence-electron chi connectivity index (χ1n) is 12.5. The number of nitrogens with one attached hydrogen (secondary N) is 1. The molecule has 5 rings (SSSR count). The molecule has 0 aromatic heterocycles. The van der Waals surface area contributed by atoms with E-state index in [9.17, 15) is 22.4 Å². The minimum Gasteiger partial charge on any atom is -0.477 e. The number of rotatable bonds is 6. The smallest absolute Gasteiger partial charge is 0.263 e. The average molecular weight is 538 g/mol. The Morgan fingerprint density at radius 2 is 1.66 bits per heavy atom. The van der Waals surface area contributed by atoms with Gasteiger partial charge in [0.2, 0.25) is 15.9 Å². The molecule has 1 saturated heterocycles. The summed E-state index contributed by atoms with van der Waals surface area (Å²) in [6.07, 6.45) is 0.0999. The topological polar surface area (TPSA) is 96.0 Å². The minimum atomic E-state index is -3.89. The summed E-state index contributed by atoms with van der Waals surface area (Å²) in [4.78, 5) is 28.3. The number of nitrogens with zero attached hydrogens (tertiary/aromatic N) is 2. The third-order valence-electron chi connectivity index (χ3n) is 6.83. The number of carbonyl (C=O) groups excluding carboxylic acids is 2. The molecule has 0 bridgehead atoms. The number of fused-ring (bicyclic) bond motifs is 1. The number of carbonyl (C=O) groups is 2. The lowest BCUT2D eigenvalue weighted by molar-refractivity contribution is -0.129. The van der Waals surface area contributed by atoms with E-state index in [4.69, 9.17) is 4.74 Å². The van der Waals surface area contributed by atoms with Gasteiger partial charge in [-0.15, -0.1) is 0 Å². The molecule has 2 aliphatic rings. The molecule has 0 aliphatic carbocycles. The van der Waals surface area contributed by atoms with E-state index in [1.54, 1.807) is 24.3 Å². The standard InChI is InChI=1S/C28H28FN3O5S/c29-22-12-14-23(15-13-22)38(35,36)31-16-6-9-21(18-31)28(34)32-19-26(37-25-11-5-4-10-24(25)32)27(33)30-17-20-7-2-1-3-8-20/h1-5,7-8,10-15,21,26H,6,9,16-19H2,(H,30,33)/t21-,26-/m1/s1. The SMILES string of the molecule is O=C(NCc1ccccc1)[C@H]1CN(C(=O)[C@@H]2CCCN(S(=O)(=O)c3ccc(F)cc3)C2)c2ccccc2O1. The number of halogens is 1. The summed E-state index contributed by atoms with van der Waals surface area (Å²) in [5, 5.41) is 2.87. The van der Waals surface area contributed by atoms with Crippen LogP contribution >= 0.6 is 0 Å². The van der Waals surface area contributed by atoms with Gasteiger partial charge in [0, 0.05) is 19.6 Å². The van der Waals surface area contributed by atoms with Crippen molar-refractivity contribution in [3.63, 3.8) is 0 Å². The Bertz CT molecular complexity index is 1420. The number of anilines is 1. The predicted octanol–water partition coefficient (Wildman–Crippen LogP) is 3.34. The molecule has 0 unspecified atom stereocenters. The van der Waals surface area contributed by atoms with E-state index in [1.165, 1.54) is 21.3 Å². The van der Waals surface area contributed by atoms with Crippen molar-refractivity contribution in [1.29, 1.82) is 0 Å². The largest absolute Gasteiger partial charge is 0.477 e. The highest BCUT2D eigenvalue weighted by Gasteiger charge is 2.39. The Hall–Kier alpha value is -3.76. The van der Waals surface area contributed by atoms with Crippen molar-refractivity contribution in [2.24, 2.45) is 5.92 Å². The van der Waals surface area contributed by atoms with Crippen molar-refractivity contribution in [3.8, 4) is 5.75 Å². The molecule has 3 aromatic carbocycles. The van der Waals surface area contributed by atoms with E-state index in [0.717, 1.165) is 17.7 Å². The van der Waals surface area contributed by atoms with Gasteiger partial charge < -0.3 is 15.0 Å². The second-order valence-corrected chi connectivity index (χ2v) is 11.3. The summed E-state index contributed by atoms with van der Waals surface area (Å²) in [7, 11) is -3.89. The van der Waals surface area contributed by atoms with Crippen LogP contribution in [0.2, 0.25) is 0 Å². The molecule has 2 atom stereocenters. The molecule has 2 heterocycles. The number of piperidine rings is 1. The summed E-state index contributed by atoms with van der Waals surface area (Å²) in [5.74, 6) is -1.31. The lowest BCUT2D eigenvalue weighted by Crippen LogP contribution is -2.53. The first kappa shape index (κ1) is 25.9. The molecule has 10 heteroatoms. The number of sulfonamides is 1. The molecule has 2 amide bonds. The lowest BCUT2D eigenvalue weighted by atomic mass is 9.97. The van der Waals surface area contributed by atoms with Gasteiger partial charge in [0.1, 0.15) is 11.6 Å². The Labute approximate surface area is 221 Å². The highest BCUT2D eigenvalue weighted by Crippen LogP contribution is 2.35. The third-order valence-corrected chi connectivity index (χ3v) is 8.71. The molecular weight excluding hydrogens is 509 g/mol. The molecule has 38 heavy (non-hydrogen) atoms. The van der Waals surface area contributed by atoms with E-state index in [2.05, 4.69) is 5.32 Å². The van der Waals surface area contributed by atoms with Crippen LogP contribution in [0, 0.1) is 11.7 Å². The van der Waals surface area contributed by atoms with Gasteiger partial charge in [-0.05, 0) is 54.8 Å². The molecule has 0 radical (unpaired) electrons. The van der Waals surface area contributed by atoms with Crippen LogP contribution in [0.4, 0.5) is 10.1 Å². The highest BCUT2D eigenvalue weighted by molar-refractivity contribution is 7.89. The van der Waals surface area contributed by atoms with Gasteiger partial charge in [-0.3, -0.25) is 9.59 Å². The van der Waals surface area contributed by atoms with Gasteiger partial charge in [0.25, 0.3) is 5.91 Å². The van der Waals surface area contributed by atoms with Gasteiger partial charge in [-0.25, -0.2) is 12.8 Å². The fourth-order valence-electron chi connectivity index (χ4n) is 4.82. The summed E-state index contributed by atoms with van der Waals surface area (Å²) in [6.45, 7) is 0.613. The average Bonchev–Trinajstić information content (AvgIpc) is 2.95. The summed E-state index contributed by atoms with van der Waals surface area (Å²) in [5.41, 5.74) is 1.48. The summed E-state index contributed by atoms with van der Waals surface area (Å²) >= 11 is 0. The van der Waals surface area contributed by atoms with Crippen LogP contribution in [0.25, 0.3) is 0 Å². The van der Waals surface area contributed by atoms with E-state index >= 15 is 0 Å². The van der Waals surface area contributed by atoms with Crippen LogP contribution < -0.4 is 15.0 Å². The highest BCUT2D eigenvalue weighted by atomic mass is 32.2. The molecule has 3 aromatic rings. The zero-order chi connectivity index (χ0) is 26.7. The van der Waals surface area contributed by atoms with Crippen molar-refractivity contribution in [2.75, 3.05) is 24.5 Å². The number of para-hydroxylation sites is 2. The van der Waals surface area contributed by atoms with Crippen LogP contribution in [0.15, 0.2) is 83.8 Å². The van der Waals surface area contributed by atoms with Gasteiger partial charge >= 0.3 is 0 Å². The monoisotopic (exact) mass is 537 g/mol. The molecule has 0 saturated carbocycles. The van der Waals surface area contributed by atoms with Crippen LogP contribution in [0.1, 0.15) is 18.4 Å². The second kappa shape index (κ2) is 10.9. The van der Waals surface area contributed by atoms with E-state index in [-0.39, 0.29) is 36.3 Å². The van der Waals surface area contributed by atoms with Crippen LogP contribution in [-0.4, -0.2) is 50.3 Å². The summed E-state index contributed by atoms with van der Waals surface area (Å²) < 4.78 is 46.9. The van der Waals surface area contributed by atoms with Gasteiger partial charge in [0.15, 0.2) is 6.10 Å². The molecule has 1 N–H and O–H groups in total. The van der Waals surface area contributed by atoms with Crippen molar-refractivity contribution in [3.05, 3.63) is 90.2 Å². The van der Waals surface area contributed by atoms with Gasteiger partial charge in [-0.1, -0.05) is 42.5 Å². The fourth-order valence-corrected chi connectivity index (χ4v) is 6.34. The third kappa shape index (κ3) is 5.41. The quantitative estimate of drug-likeness (QED) is 0.521. The lowest BCUT2D eigenvalue weighted by Gasteiger charge is -2.38. The number of ether oxygens (including phenoxy) is 1. The number of amides is 2.